The smallest absolute Gasteiger partial charge is 0.273 e. The number of nitrogens with one attached hydrogen (secondary N) is 3. The maximum Gasteiger partial charge on any atom is 0.273 e. The SMILES string of the molecule is COc1ccc(NC(=S)NNC(=O)c2cc(-c3cc(F)cc(F)c3)ccc2O)cc1. The zero-order chi connectivity index (χ0) is 21.7. The molecule has 0 radical (unpaired) electrons. The molecule has 0 unspecified atom stereocenters. The van der Waals surface area contributed by atoms with Crippen LogP contribution in [0.3, 0.4) is 0 Å². The molecule has 3 aromatic rings. The van der Waals surface area contributed by atoms with Gasteiger partial charge in [0.1, 0.15) is 23.1 Å². The van der Waals surface area contributed by atoms with Gasteiger partial charge in [0.25, 0.3) is 5.91 Å². The summed E-state index contributed by atoms with van der Waals surface area (Å²) in [5, 5.41) is 13.0. The number of amides is 1. The quantitative estimate of drug-likeness (QED) is 0.371. The molecule has 4 N–H and O–H groups in total. The lowest BCUT2D eigenvalue weighted by Crippen LogP contribution is -2.43. The van der Waals surface area contributed by atoms with Crippen molar-refractivity contribution in [1.29, 1.82) is 0 Å². The van der Waals surface area contributed by atoms with E-state index in [2.05, 4.69) is 16.2 Å². The fourth-order valence-electron chi connectivity index (χ4n) is 2.64. The lowest BCUT2D eigenvalue weighted by molar-refractivity contribution is 0.0941. The maximum atomic E-state index is 13.5. The molecule has 0 aliphatic carbocycles. The number of hydrogen-bond donors (Lipinski definition) is 4. The number of methoxy groups -OCH3 is 1. The van der Waals surface area contributed by atoms with E-state index in [4.69, 9.17) is 17.0 Å². The van der Waals surface area contributed by atoms with Gasteiger partial charge in [-0.15, -0.1) is 0 Å². The molecule has 3 aromatic carbocycles. The number of anilines is 1. The third kappa shape index (κ3) is 5.21. The van der Waals surface area contributed by atoms with Gasteiger partial charge in [0.05, 0.1) is 12.7 Å². The number of aromatic hydroxyl groups is 1. The zero-order valence-corrected chi connectivity index (χ0v) is 16.5. The van der Waals surface area contributed by atoms with Crippen molar-refractivity contribution in [3.05, 3.63) is 77.9 Å². The van der Waals surface area contributed by atoms with Gasteiger partial charge in [0.15, 0.2) is 5.11 Å². The number of phenols is 1. The van der Waals surface area contributed by atoms with Crippen LogP contribution in [0.25, 0.3) is 11.1 Å². The first-order chi connectivity index (χ1) is 14.4. The molecule has 0 aliphatic heterocycles. The Morgan fingerprint density at radius 1 is 0.933 bits per heavy atom. The predicted molar refractivity (Wildman–Crippen MR) is 113 cm³/mol. The van der Waals surface area contributed by atoms with Crippen molar-refractivity contribution < 1.29 is 23.4 Å². The van der Waals surface area contributed by atoms with Gasteiger partial charge in [-0.25, -0.2) is 8.78 Å². The maximum absolute atomic E-state index is 13.5. The molecule has 0 bridgehead atoms. The topological polar surface area (TPSA) is 82.6 Å². The van der Waals surface area contributed by atoms with E-state index in [1.165, 1.54) is 18.2 Å². The van der Waals surface area contributed by atoms with Crippen LogP contribution in [-0.4, -0.2) is 23.2 Å². The molecule has 0 saturated heterocycles. The van der Waals surface area contributed by atoms with Gasteiger partial charge < -0.3 is 15.2 Å². The summed E-state index contributed by atoms with van der Waals surface area (Å²) in [7, 11) is 1.55. The molecule has 3 rings (SSSR count). The van der Waals surface area contributed by atoms with Crippen LogP contribution in [-0.2, 0) is 0 Å². The second-order valence-electron chi connectivity index (χ2n) is 6.15. The minimum Gasteiger partial charge on any atom is -0.507 e. The van der Waals surface area contributed by atoms with E-state index in [0.29, 0.717) is 17.0 Å². The first kappa shape index (κ1) is 21.0. The van der Waals surface area contributed by atoms with Crippen LogP contribution in [0.1, 0.15) is 10.4 Å². The minimum atomic E-state index is -0.749. The Kier molecular flexibility index (Phi) is 6.43. The van der Waals surface area contributed by atoms with E-state index < -0.39 is 17.5 Å². The van der Waals surface area contributed by atoms with Crippen LogP contribution in [0, 0.1) is 11.6 Å². The van der Waals surface area contributed by atoms with Crippen LogP contribution >= 0.6 is 12.2 Å². The largest absolute Gasteiger partial charge is 0.507 e. The number of hydrogen-bond acceptors (Lipinski definition) is 4. The molecule has 0 spiro atoms. The summed E-state index contributed by atoms with van der Waals surface area (Å²) in [6.07, 6.45) is 0. The van der Waals surface area contributed by atoms with Crippen molar-refractivity contribution >= 4 is 28.9 Å². The number of benzene rings is 3. The fraction of sp³-hybridized carbons (Fsp3) is 0.0476. The van der Waals surface area contributed by atoms with Crippen LogP contribution in [0.15, 0.2) is 60.7 Å². The number of phenolic OH excluding ortho intramolecular Hbond substituents is 1. The van der Waals surface area contributed by atoms with Gasteiger partial charge in [-0.3, -0.25) is 15.6 Å². The number of halogens is 2. The highest BCUT2D eigenvalue weighted by Gasteiger charge is 2.14. The van der Waals surface area contributed by atoms with Crippen molar-refractivity contribution in [2.45, 2.75) is 0 Å². The Morgan fingerprint density at radius 2 is 1.60 bits per heavy atom. The monoisotopic (exact) mass is 429 g/mol. The van der Waals surface area contributed by atoms with Crippen LogP contribution in [0.2, 0.25) is 0 Å². The van der Waals surface area contributed by atoms with Crippen LogP contribution < -0.4 is 20.9 Å². The van der Waals surface area contributed by atoms with Crippen LogP contribution in [0.5, 0.6) is 11.5 Å². The van der Waals surface area contributed by atoms with E-state index in [9.17, 15) is 18.7 Å². The highest BCUT2D eigenvalue weighted by molar-refractivity contribution is 7.80. The Balaban J connectivity index is 1.67. The normalized spacial score (nSPS) is 10.2. The van der Waals surface area contributed by atoms with E-state index in [0.717, 1.165) is 18.2 Å². The number of ether oxygens (including phenoxy) is 1. The molecular weight excluding hydrogens is 412 g/mol. The average Bonchev–Trinajstić information content (AvgIpc) is 2.72. The Hall–Kier alpha value is -3.72. The molecule has 30 heavy (non-hydrogen) atoms. The van der Waals surface area contributed by atoms with E-state index in [1.807, 2.05) is 0 Å². The number of carbonyl (C=O) groups excluding carboxylic acids is 1. The summed E-state index contributed by atoms with van der Waals surface area (Å²) in [5.41, 5.74) is 6.03. The van der Waals surface area contributed by atoms with Crippen molar-refractivity contribution in [3.63, 3.8) is 0 Å². The third-order valence-electron chi connectivity index (χ3n) is 4.07. The number of carbonyl (C=O) groups is 1. The summed E-state index contributed by atoms with van der Waals surface area (Å²) in [5.74, 6) is -1.81. The molecule has 0 saturated carbocycles. The van der Waals surface area contributed by atoms with E-state index in [1.54, 1.807) is 31.4 Å². The first-order valence-corrected chi connectivity index (χ1v) is 9.07. The predicted octanol–water partition coefficient (Wildman–Crippen LogP) is 3.98. The number of hydrazine groups is 1. The molecule has 154 valence electrons. The Morgan fingerprint density at radius 3 is 2.23 bits per heavy atom. The average molecular weight is 429 g/mol. The summed E-state index contributed by atoms with van der Waals surface area (Å²) in [4.78, 5) is 12.4. The molecular formula is C21H17F2N3O3S. The highest BCUT2D eigenvalue weighted by atomic mass is 32.1. The van der Waals surface area contributed by atoms with Gasteiger partial charge >= 0.3 is 0 Å². The van der Waals surface area contributed by atoms with Gasteiger partial charge in [-0.1, -0.05) is 6.07 Å². The zero-order valence-electron chi connectivity index (χ0n) is 15.7. The highest BCUT2D eigenvalue weighted by Crippen LogP contribution is 2.27. The summed E-state index contributed by atoms with van der Waals surface area (Å²) in [6, 6.07) is 14.0. The van der Waals surface area contributed by atoms with Gasteiger partial charge in [-0.2, -0.15) is 0 Å². The first-order valence-electron chi connectivity index (χ1n) is 8.66. The van der Waals surface area contributed by atoms with Crippen molar-refractivity contribution in [2.75, 3.05) is 12.4 Å². The van der Waals surface area contributed by atoms with Gasteiger partial charge in [-0.05, 0) is 71.9 Å². The molecule has 0 aromatic heterocycles. The number of thiocarbonyl (C=S) groups is 1. The van der Waals surface area contributed by atoms with Crippen LogP contribution in [0.4, 0.5) is 14.5 Å². The van der Waals surface area contributed by atoms with E-state index in [-0.39, 0.29) is 22.0 Å². The second-order valence-corrected chi connectivity index (χ2v) is 6.56. The number of rotatable bonds is 4. The molecule has 0 aliphatic rings. The van der Waals surface area contributed by atoms with Crippen molar-refractivity contribution in [1.82, 2.24) is 10.9 Å². The molecule has 6 nitrogen and oxygen atoms in total. The standard InChI is InChI=1S/C21H17F2N3O3S/c1-29-17-5-3-16(4-6-17)24-21(30)26-25-20(28)18-10-12(2-7-19(18)27)13-8-14(22)11-15(23)9-13/h2-11,27H,1H3,(H,25,28)(H2,24,26,30). The fourth-order valence-corrected chi connectivity index (χ4v) is 2.80. The summed E-state index contributed by atoms with van der Waals surface area (Å²) in [6.45, 7) is 0. The molecule has 9 heteroatoms. The minimum absolute atomic E-state index is 0.100. The Labute approximate surface area is 176 Å². The lowest BCUT2D eigenvalue weighted by Gasteiger charge is -2.13. The van der Waals surface area contributed by atoms with Crippen molar-refractivity contribution in [3.8, 4) is 22.6 Å². The van der Waals surface area contributed by atoms with Gasteiger partial charge in [0.2, 0.25) is 0 Å². The molecule has 0 atom stereocenters. The second kappa shape index (κ2) is 9.19. The van der Waals surface area contributed by atoms with Crippen molar-refractivity contribution in [2.24, 2.45) is 0 Å². The summed E-state index contributed by atoms with van der Waals surface area (Å²) >= 11 is 5.12. The molecule has 0 fully saturated rings. The van der Waals surface area contributed by atoms with Gasteiger partial charge in [0, 0.05) is 11.8 Å². The molecule has 1 amide bonds. The lowest BCUT2D eigenvalue weighted by atomic mass is 10.0. The Bertz CT molecular complexity index is 1070. The molecule has 0 heterocycles. The third-order valence-corrected chi connectivity index (χ3v) is 4.28. The summed E-state index contributed by atoms with van der Waals surface area (Å²) < 4.78 is 32.0. The van der Waals surface area contributed by atoms with E-state index >= 15 is 0 Å².